The van der Waals surface area contributed by atoms with Crippen molar-refractivity contribution in [3.63, 3.8) is 0 Å². The van der Waals surface area contributed by atoms with Gasteiger partial charge in [-0.3, -0.25) is 4.90 Å². The van der Waals surface area contributed by atoms with Gasteiger partial charge in [0.05, 0.1) is 11.5 Å². The van der Waals surface area contributed by atoms with Crippen LogP contribution < -0.4 is 5.73 Å². The molecule has 1 fully saturated rings. The number of benzene rings is 1. The standard InChI is InChI=1S/C13H20N2O2S/c1-11-8-12(9-14)2-3-13(11)10-15-4-6-18(16,17)7-5-15/h2-3,8H,4-7,9-10,14H2,1H3. The molecule has 0 amide bonds. The average molecular weight is 268 g/mol. The Bertz CT molecular complexity index is 512. The minimum absolute atomic E-state index is 0.285. The number of hydrogen-bond donors (Lipinski definition) is 1. The molecule has 0 aliphatic carbocycles. The van der Waals surface area contributed by atoms with Crippen LogP contribution in [-0.4, -0.2) is 37.9 Å². The van der Waals surface area contributed by atoms with E-state index in [1.54, 1.807) is 0 Å². The Balaban J connectivity index is 2.02. The minimum Gasteiger partial charge on any atom is -0.326 e. The van der Waals surface area contributed by atoms with Crippen molar-refractivity contribution in [2.75, 3.05) is 24.6 Å². The minimum atomic E-state index is -2.79. The van der Waals surface area contributed by atoms with Gasteiger partial charge in [-0.05, 0) is 23.6 Å². The lowest BCUT2D eigenvalue weighted by Crippen LogP contribution is -2.39. The van der Waals surface area contributed by atoms with Crippen LogP contribution in [0.25, 0.3) is 0 Å². The molecule has 0 spiro atoms. The molecule has 5 heteroatoms. The van der Waals surface area contributed by atoms with Crippen molar-refractivity contribution in [3.8, 4) is 0 Å². The summed E-state index contributed by atoms with van der Waals surface area (Å²) in [7, 11) is -2.79. The number of rotatable bonds is 3. The highest BCUT2D eigenvalue weighted by molar-refractivity contribution is 7.91. The molecule has 0 bridgehead atoms. The summed E-state index contributed by atoms with van der Waals surface area (Å²) in [5.41, 5.74) is 9.23. The molecule has 4 nitrogen and oxygen atoms in total. The predicted octanol–water partition coefficient (Wildman–Crippen LogP) is 0.684. The highest BCUT2D eigenvalue weighted by atomic mass is 32.2. The summed E-state index contributed by atoms with van der Waals surface area (Å²) in [5, 5.41) is 0. The molecule has 1 aromatic carbocycles. The average Bonchev–Trinajstić information content (AvgIpc) is 2.34. The Kier molecular flexibility index (Phi) is 4.04. The number of aryl methyl sites for hydroxylation is 1. The molecule has 0 radical (unpaired) electrons. The van der Waals surface area contributed by atoms with Crippen LogP contribution in [-0.2, 0) is 22.9 Å². The molecule has 2 rings (SSSR count). The Morgan fingerprint density at radius 3 is 2.50 bits per heavy atom. The predicted molar refractivity (Wildman–Crippen MR) is 73.0 cm³/mol. The van der Waals surface area contributed by atoms with Gasteiger partial charge in [0, 0.05) is 26.2 Å². The van der Waals surface area contributed by atoms with E-state index >= 15 is 0 Å². The summed E-state index contributed by atoms with van der Waals surface area (Å²) < 4.78 is 22.7. The van der Waals surface area contributed by atoms with Gasteiger partial charge in [-0.2, -0.15) is 0 Å². The molecule has 0 atom stereocenters. The van der Waals surface area contributed by atoms with Gasteiger partial charge in [0.15, 0.2) is 9.84 Å². The largest absolute Gasteiger partial charge is 0.326 e. The lowest BCUT2D eigenvalue weighted by atomic mass is 10.0. The number of nitrogens with two attached hydrogens (primary N) is 1. The van der Waals surface area contributed by atoms with Crippen LogP contribution in [0, 0.1) is 6.92 Å². The van der Waals surface area contributed by atoms with E-state index in [2.05, 4.69) is 24.0 Å². The van der Waals surface area contributed by atoms with Crippen molar-refractivity contribution >= 4 is 9.84 Å². The first-order valence-corrected chi connectivity index (χ1v) is 8.03. The molecule has 2 N–H and O–H groups in total. The quantitative estimate of drug-likeness (QED) is 0.876. The van der Waals surface area contributed by atoms with Crippen LogP contribution in [0.5, 0.6) is 0 Å². The third kappa shape index (κ3) is 3.31. The first-order valence-electron chi connectivity index (χ1n) is 6.21. The van der Waals surface area contributed by atoms with Gasteiger partial charge in [0.1, 0.15) is 0 Å². The monoisotopic (exact) mass is 268 g/mol. The van der Waals surface area contributed by atoms with E-state index in [9.17, 15) is 8.42 Å². The summed E-state index contributed by atoms with van der Waals surface area (Å²) in [6, 6.07) is 6.25. The van der Waals surface area contributed by atoms with Crippen LogP contribution in [0.15, 0.2) is 18.2 Å². The lowest BCUT2D eigenvalue weighted by molar-refractivity contribution is 0.287. The van der Waals surface area contributed by atoms with E-state index in [1.165, 1.54) is 11.1 Å². The van der Waals surface area contributed by atoms with Crippen LogP contribution in [0.4, 0.5) is 0 Å². The lowest BCUT2D eigenvalue weighted by Gasteiger charge is -2.27. The van der Waals surface area contributed by atoms with Crippen molar-refractivity contribution in [1.29, 1.82) is 0 Å². The van der Waals surface area contributed by atoms with E-state index in [0.717, 1.165) is 12.1 Å². The van der Waals surface area contributed by atoms with E-state index in [0.29, 0.717) is 19.6 Å². The highest BCUT2D eigenvalue weighted by Crippen LogP contribution is 2.15. The molecule has 18 heavy (non-hydrogen) atoms. The van der Waals surface area contributed by atoms with Crippen LogP contribution in [0.2, 0.25) is 0 Å². The first kappa shape index (κ1) is 13.5. The van der Waals surface area contributed by atoms with Crippen molar-refractivity contribution < 1.29 is 8.42 Å². The molecule has 1 aromatic rings. The zero-order chi connectivity index (χ0) is 13.2. The Hall–Kier alpha value is -0.910. The fourth-order valence-corrected chi connectivity index (χ4v) is 3.49. The fraction of sp³-hybridized carbons (Fsp3) is 0.538. The maximum absolute atomic E-state index is 11.4. The smallest absolute Gasteiger partial charge is 0.152 e. The number of hydrogen-bond acceptors (Lipinski definition) is 4. The summed E-state index contributed by atoms with van der Waals surface area (Å²) in [4.78, 5) is 2.20. The fourth-order valence-electron chi connectivity index (χ4n) is 2.21. The van der Waals surface area contributed by atoms with Gasteiger partial charge in [-0.15, -0.1) is 0 Å². The molecule has 1 aliphatic rings. The van der Waals surface area contributed by atoms with E-state index in [-0.39, 0.29) is 11.5 Å². The van der Waals surface area contributed by atoms with E-state index in [4.69, 9.17) is 5.73 Å². The Morgan fingerprint density at radius 2 is 1.94 bits per heavy atom. The normalized spacial score (nSPS) is 19.9. The molecule has 0 saturated carbocycles. The van der Waals surface area contributed by atoms with Gasteiger partial charge in [0.25, 0.3) is 0 Å². The van der Waals surface area contributed by atoms with Crippen LogP contribution >= 0.6 is 0 Å². The third-order valence-electron chi connectivity index (χ3n) is 3.47. The topological polar surface area (TPSA) is 63.4 Å². The second kappa shape index (κ2) is 5.38. The van der Waals surface area contributed by atoms with Gasteiger partial charge in [0.2, 0.25) is 0 Å². The molecule has 100 valence electrons. The van der Waals surface area contributed by atoms with Crippen LogP contribution in [0.3, 0.4) is 0 Å². The first-order chi connectivity index (χ1) is 8.50. The Morgan fingerprint density at radius 1 is 1.28 bits per heavy atom. The van der Waals surface area contributed by atoms with Crippen molar-refractivity contribution in [2.45, 2.75) is 20.0 Å². The van der Waals surface area contributed by atoms with Crippen molar-refractivity contribution in [1.82, 2.24) is 4.90 Å². The van der Waals surface area contributed by atoms with Gasteiger partial charge in [-0.1, -0.05) is 18.2 Å². The highest BCUT2D eigenvalue weighted by Gasteiger charge is 2.21. The molecule has 0 unspecified atom stereocenters. The molecular weight excluding hydrogens is 248 g/mol. The second-order valence-corrected chi connectivity index (χ2v) is 7.20. The number of nitrogens with zero attached hydrogens (tertiary/aromatic N) is 1. The summed E-state index contributed by atoms with van der Waals surface area (Å²) in [6.07, 6.45) is 0. The second-order valence-electron chi connectivity index (χ2n) is 4.89. The van der Waals surface area contributed by atoms with E-state index in [1.807, 2.05) is 6.07 Å². The van der Waals surface area contributed by atoms with Gasteiger partial charge in [-0.25, -0.2) is 8.42 Å². The van der Waals surface area contributed by atoms with Crippen molar-refractivity contribution in [2.24, 2.45) is 5.73 Å². The van der Waals surface area contributed by atoms with Gasteiger partial charge < -0.3 is 5.73 Å². The van der Waals surface area contributed by atoms with Gasteiger partial charge >= 0.3 is 0 Å². The Labute approximate surface area is 109 Å². The maximum Gasteiger partial charge on any atom is 0.152 e. The summed E-state index contributed by atoms with van der Waals surface area (Å²) in [5.74, 6) is 0.569. The third-order valence-corrected chi connectivity index (χ3v) is 5.08. The molecule has 1 aliphatic heterocycles. The summed E-state index contributed by atoms with van der Waals surface area (Å²) >= 11 is 0. The van der Waals surface area contributed by atoms with Crippen LogP contribution in [0.1, 0.15) is 16.7 Å². The SMILES string of the molecule is Cc1cc(CN)ccc1CN1CCS(=O)(=O)CC1. The van der Waals surface area contributed by atoms with Crippen molar-refractivity contribution in [3.05, 3.63) is 34.9 Å². The molecular formula is C13H20N2O2S. The van der Waals surface area contributed by atoms with E-state index < -0.39 is 9.84 Å². The maximum atomic E-state index is 11.4. The zero-order valence-electron chi connectivity index (χ0n) is 10.7. The molecule has 0 aromatic heterocycles. The number of sulfone groups is 1. The summed E-state index contributed by atoms with van der Waals surface area (Å²) in [6.45, 7) is 4.74. The molecule has 1 saturated heterocycles. The zero-order valence-corrected chi connectivity index (χ0v) is 11.5. The molecule has 1 heterocycles.